The number of rotatable bonds is 6. The van der Waals surface area contributed by atoms with Gasteiger partial charge >= 0.3 is 5.91 Å². The summed E-state index contributed by atoms with van der Waals surface area (Å²) in [6, 6.07) is 25.5. The quantitative estimate of drug-likeness (QED) is 0.460. The second-order valence-corrected chi connectivity index (χ2v) is 6.74. The molecule has 3 aromatic carbocycles. The Kier molecular flexibility index (Phi) is 6.22. The molecule has 0 unspecified atom stereocenters. The molecule has 0 radical (unpaired) electrons. The van der Waals surface area contributed by atoms with Gasteiger partial charge in [-0.1, -0.05) is 54.6 Å². The molecule has 0 aliphatic rings. The molecule has 4 rings (SSSR count). The Hall–Kier alpha value is -4.46. The van der Waals surface area contributed by atoms with Crippen LogP contribution in [-0.2, 0) is 0 Å². The SMILES string of the molecule is CCOc1cccc(C(=O)NNC(=O)c2nc(-c3ccccc3)n(-c3ccccc3)n2)c1. The van der Waals surface area contributed by atoms with Gasteiger partial charge in [0.25, 0.3) is 5.91 Å². The highest BCUT2D eigenvalue weighted by molar-refractivity contribution is 5.98. The molecule has 8 heteroatoms. The lowest BCUT2D eigenvalue weighted by Gasteiger charge is -2.07. The minimum Gasteiger partial charge on any atom is -0.494 e. The number of nitrogens with zero attached hydrogens (tertiary/aromatic N) is 3. The molecule has 32 heavy (non-hydrogen) atoms. The number of carbonyl (C=O) groups excluding carboxylic acids is 2. The molecule has 160 valence electrons. The summed E-state index contributed by atoms with van der Waals surface area (Å²) in [7, 11) is 0. The number of hydrogen-bond acceptors (Lipinski definition) is 5. The van der Waals surface area contributed by atoms with Gasteiger partial charge in [-0.25, -0.2) is 9.67 Å². The standard InChI is InChI=1S/C24H21N5O3/c1-2-32-20-15-9-12-18(16-20)23(30)26-27-24(31)21-25-22(17-10-5-3-6-11-17)29(28-21)19-13-7-4-8-14-19/h3-16H,2H2,1H3,(H,26,30)(H,27,31). The fourth-order valence-electron chi connectivity index (χ4n) is 3.07. The molecule has 0 aliphatic carbocycles. The third-order valence-corrected chi connectivity index (χ3v) is 4.54. The first-order chi connectivity index (χ1) is 15.7. The van der Waals surface area contributed by atoms with Crippen LogP contribution < -0.4 is 15.6 Å². The van der Waals surface area contributed by atoms with E-state index in [4.69, 9.17) is 4.74 Å². The van der Waals surface area contributed by atoms with E-state index in [-0.39, 0.29) is 5.82 Å². The van der Waals surface area contributed by atoms with Crippen LogP contribution in [0.3, 0.4) is 0 Å². The van der Waals surface area contributed by atoms with Gasteiger partial charge in [-0.15, -0.1) is 5.10 Å². The molecule has 0 saturated carbocycles. The first kappa shape index (κ1) is 20.8. The summed E-state index contributed by atoms with van der Waals surface area (Å²) in [4.78, 5) is 29.5. The number of hydrazine groups is 1. The van der Waals surface area contributed by atoms with E-state index in [1.807, 2.05) is 67.6 Å². The Balaban J connectivity index is 1.54. The molecule has 0 spiro atoms. The fraction of sp³-hybridized carbons (Fsp3) is 0.0833. The molecule has 1 heterocycles. The molecule has 8 nitrogen and oxygen atoms in total. The van der Waals surface area contributed by atoms with Gasteiger partial charge in [-0.3, -0.25) is 20.4 Å². The van der Waals surface area contributed by atoms with E-state index in [1.165, 1.54) is 0 Å². The topological polar surface area (TPSA) is 98.1 Å². The van der Waals surface area contributed by atoms with E-state index in [2.05, 4.69) is 20.9 Å². The lowest BCUT2D eigenvalue weighted by atomic mass is 10.2. The molecule has 1 aromatic heterocycles. The summed E-state index contributed by atoms with van der Waals surface area (Å²) in [6.07, 6.45) is 0. The Morgan fingerprint density at radius 1 is 0.875 bits per heavy atom. The maximum atomic E-state index is 12.7. The summed E-state index contributed by atoms with van der Waals surface area (Å²) in [5, 5.41) is 4.37. The molecule has 0 bridgehead atoms. The van der Waals surface area contributed by atoms with Crippen molar-refractivity contribution in [1.29, 1.82) is 0 Å². The molecule has 0 fully saturated rings. The summed E-state index contributed by atoms with van der Waals surface area (Å²) >= 11 is 0. The van der Waals surface area contributed by atoms with Gasteiger partial charge in [0.2, 0.25) is 5.82 Å². The lowest BCUT2D eigenvalue weighted by molar-refractivity contribution is 0.0841. The van der Waals surface area contributed by atoms with Gasteiger partial charge in [0.1, 0.15) is 5.75 Å². The van der Waals surface area contributed by atoms with Crippen LogP contribution in [0.15, 0.2) is 84.9 Å². The molecule has 2 N–H and O–H groups in total. The average Bonchev–Trinajstić information content (AvgIpc) is 3.29. The maximum Gasteiger partial charge on any atom is 0.309 e. The Morgan fingerprint density at radius 2 is 1.56 bits per heavy atom. The van der Waals surface area contributed by atoms with Crippen molar-refractivity contribution < 1.29 is 14.3 Å². The van der Waals surface area contributed by atoms with Gasteiger partial charge in [0.15, 0.2) is 5.82 Å². The molecule has 4 aromatic rings. The normalized spacial score (nSPS) is 10.4. The van der Waals surface area contributed by atoms with Crippen LogP contribution >= 0.6 is 0 Å². The number of amides is 2. The van der Waals surface area contributed by atoms with Crippen LogP contribution in [0.2, 0.25) is 0 Å². The second kappa shape index (κ2) is 9.57. The van der Waals surface area contributed by atoms with Crippen molar-refractivity contribution in [2.45, 2.75) is 6.92 Å². The van der Waals surface area contributed by atoms with Gasteiger partial charge < -0.3 is 4.74 Å². The maximum absolute atomic E-state index is 12.7. The molecular formula is C24H21N5O3. The molecule has 0 saturated heterocycles. The number of hydrogen-bond donors (Lipinski definition) is 2. The predicted molar refractivity (Wildman–Crippen MR) is 119 cm³/mol. The highest BCUT2D eigenvalue weighted by atomic mass is 16.5. The summed E-state index contributed by atoms with van der Waals surface area (Å²) in [5.74, 6) is -0.104. The zero-order chi connectivity index (χ0) is 22.3. The van der Waals surface area contributed by atoms with Crippen LogP contribution in [0.25, 0.3) is 17.1 Å². The first-order valence-corrected chi connectivity index (χ1v) is 10.1. The average molecular weight is 427 g/mol. The van der Waals surface area contributed by atoms with Crippen LogP contribution in [-0.4, -0.2) is 33.2 Å². The zero-order valence-electron chi connectivity index (χ0n) is 17.4. The largest absolute Gasteiger partial charge is 0.494 e. The number of benzene rings is 3. The van der Waals surface area contributed by atoms with Gasteiger partial charge in [0, 0.05) is 11.1 Å². The van der Waals surface area contributed by atoms with Gasteiger partial charge in [-0.05, 0) is 37.3 Å². The number of ether oxygens (including phenoxy) is 1. The highest BCUT2D eigenvalue weighted by Gasteiger charge is 2.19. The highest BCUT2D eigenvalue weighted by Crippen LogP contribution is 2.21. The van der Waals surface area contributed by atoms with Crippen molar-refractivity contribution in [1.82, 2.24) is 25.6 Å². The van der Waals surface area contributed by atoms with E-state index in [0.29, 0.717) is 23.7 Å². The minimum atomic E-state index is -0.633. The molecule has 0 atom stereocenters. The Bertz CT molecular complexity index is 1170. The number of carbonyl (C=O) groups is 2. The monoisotopic (exact) mass is 427 g/mol. The van der Waals surface area contributed by atoms with E-state index in [9.17, 15) is 9.59 Å². The fourth-order valence-corrected chi connectivity index (χ4v) is 3.07. The van der Waals surface area contributed by atoms with Crippen LogP contribution in [0, 0.1) is 0 Å². The van der Waals surface area contributed by atoms with Crippen molar-refractivity contribution in [3.63, 3.8) is 0 Å². The van der Waals surface area contributed by atoms with E-state index in [0.717, 1.165) is 11.3 Å². The van der Waals surface area contributed by atoms with Crippen LogP contribution in [0.4, 0.5) is 0 Å². The third kappa shape index (κ3) is 4.65. The minimum absolute atomic E-state index is 0.0731. The molecule has 2 amide bonds. The molecule has 0 aliphatic heterocycles. The summed E-state index contributed by atoms with van der Waals surface area (Å²) < 4.78 is 7.00. The zero-order valence-corrected chi connectivity index (χ0v) is 17.4. The molecular weight excluding hydrogens is 406 g/mol. The van der Waals surface area contributed by atoms with E-state index < -0.39 is 11.8 Å². The van der Waals surface area contributed by atoms with Gasteiger partial charge in [0.05, 0.1) is 12.3 Å². The number of aromatic nitrogens is 3. The predicted octanol–water partition coefficient (Wildman–Crippen LogP) is 3.41. The van der Waals surface area contributed by atoms with Crippen molar-refractivity contribution in [3.05, 3.63) is 96.3 Å². The second-order valence-electron chi connectivity index (χ2n) is 6.74. The Labute approximate surface area is 184 Å². The van der Waals surface area contributed by atoms with Crippen molar-refractivity contribution in [3.8, 4) is 22.8 Å². The third-order valence-electron chi connectivity index (χ3n) is 4.54. The smallest absolute Gasteiger partial charge is 0.309 e. The van der Waals surface area contributed by atoms with Crippen molar-refractivity contribution >= 4 is 11.8 Å². The Morgan fingerprint density at radius 3 is 2.28 bits per heavy atom. The summed E-state index contributed by atoms with van der Waals surface area (Å²) in [5.41, 5.74) is 6.68. The summed E-state index contributed by atoms with van der Waals surface area (Å²) in [6.45, 7) is 2.35. The van der Waals surface area contributed by atoms with E-state index in [1.54, 1.807) is 28.9 Å². The first-order valence-electron chi connectivity index (χ1n) is 10.1. The van der Waals surface area contributed by atoms with Crippen LogP contribution in [0.1, 0.15) is 27.9 Å². The van der Waals surface area contributed by atoms with Gasteiger partial charge in [-0.2, -0.15) is 0 Å². The van der Waals surface area contributed by atoms with E-state index >= 15 is 0 Å². The van der Waals surface area contributed by atoms with Crippen LogP contribution in [0.5, 0.6) is 5.75 Å². The lowest BCUT2D eigenvalue weighted by Crippen LogP contribution is -2.42. The number of nitrogens with one attached hydrogen (secondary N) is 2. The van der Waals surface area contributed by atoms with Crippen molar-refractivity contribution in [2.75, 3.05) is 6.61 Å². The van der Waals surface area contributed by atoms with Crippen molar-refractivity contribution in [2.24, 2.45) is 0 Å². The number of para-hydroxylation sites is 1.